The van der Waals surface area contributed by atoms with Gasteiger partial charge in [-0.15, -0.1) is 0 Å². The maximum atomic E-state index is 12.8. The quantitative estimate of drug-likeness (QED) is 0.283. The number of nitrogen functional groups attached to an aromatic ring is 1. The van der Waals surface area contributed by atoms with Crippen LogP contribution in [-0.4, -0.2) is 58.6 Å². The third-order valence-electron chi connectivity index (χ3n) is 6.58. The average molecular weight is 542 g/mol. The fourth-order valence-corrected chi connectivity index (χ4v) is 5.54. The monoisotopic (exact) mass is 541 g/mol. The number of piperidine rings is 1. The van der Waals surface area contributed by atoms with E-state index < -0.39 is 10.0 Å². The van der Waals surface area contributed by atoms with Gasteiger partial charge in [0.05, 0.1) is 22.9 Å². The summed E-state index contributed by atoms with van der Waals surface area (Å²) < 4.78 is 29.8. The van der Waals surface area contributed by atoms with Crippen LogP contribution in [0.15, 0.2) is 78.5 Å². The standard InChI is InChI=1S/C28H27N7O3S/c1-2-25(36)34-17-7-10-22(18-34)35-28-26(27(29)30-19-31-28)24(33-35)11-6-16-32-39(37,38)23-14-12-21(13-15-23)20-8-4-3-5-9-20/h2-5,8-9,12-15,19,22,32H,1,7,10,16-18H2,(H2,29,30,31). The summed E-state index contributed by atoms with van der Waals surface area (Å²) in [4.78, 5) is 22.5. The zero-order valence-electron chi connectivity index (χ0n) is 21.1. The van der Waals surface area contributed by atoms with Crippen molar-refractivity contribution in [1.82, 2.24) is 29.4 Å². The molecule has 5 rings (SSSR count). The number of benzene rings is 2. The van der Waals surface area contributed by atoms with Gasteiger partial charge in [0.25, 0.3) is 0 Å². The van der Waals surface area contributed by atoms with Gasteiger partial charge in [0.1, 0.15) is 17.8 Å². The van der Waals surface area contributed by atoms with Crippen molar-refractivity contribution < 1.29 is 13.2 Å². The number of anilines is 1. The molecule has 0 saturated carbocycles. The first-order chi connectivity index (χ1) is 18.9. The highest BCUT2D eigenvalue weighted by molar-refractivity contribution is 7.89. The SMILES string of the molecule is C=CC(=O)N1CCCC(n2nc(C#CCNS(=O)(=O)c3ccc(-c4ccccc4)cc3)c3c(N)ncnc32)C1. The zero-order valence-corrected chi connectivity index (χ0v) is 21.9. The zero-order chi connectivity index (χ0) is 27.4. The second-order valence-corrected chi connectivity index (χ2v) is 10.8. The molecule has 3 heterocycles. The molecule has 3 N–H and O–H groups in total. The lowest BCUT2D eigenvalue weighted by atomic mass is 10.1. The Hall–Kier alpha value is -4.53. The van der Waals surface area contributed by atoms with Gasteiger partial charge < -0.3 is 10.6 Å². The smallest absolute Gasteiger partial charge is 0.246 e. The van der Waals surface area contributed by atoms with E-state index in [1.807, 2.05) is 30.3 Å². The molecule has 2 aromatic carbocycles. The molecule has 1 atom stereocenters. The Morgan fingerprint density at radius 3 is 2.62 bits per heavy atom. The summed E-state index contributed by atoms with van der Waals surface area (Å²) in [6.07, 6.45) is 4.28. The average Bonchev–Trinajstić information content (AvgIpc) is 3.35. The number of nitrogens with one attached hydrogen (secondary N) is 1. The molecule has 1 aliphatic heterocycles. The minimum absolute atomic E-state index is 0.118. The molecule has 0 radical (unpaired) electrons. The van der Waals surface area contributed by atoms with Crippen LogP contribution in [0.25, 0.3) is 22.2 Å². The van der Waals surface area contributed by atoms with Gasteiger partial charge in [-0.25, -0.2) is 23.1 Å². The third kappa shape index (κ3) is 5.52. The summed E-state index contributed by atoms with van der Waals surface area (Å²) in [6.45, 7) is 4.56. The summed E-state index contributed by atoms with van der Waals surface area (Å²) in [5, 5.41) is 5.14. The Kier molecular flexibility index (Phi) is 7.40. The molecule has 11 heteroatoms. The number of hydrogen-bond donors (Lipinski definition) is 2. The molecule has 0 spiro atoms. The number of nitrogens with two attached hydrogens (primary N) is 1. The summed E-state index contributed by atoms with van der Waals surface area (Å²) in [6, 6.07) is 16.3. The first-order valence-electron chi connectivity index (χ1n) is 12.4. The Bertz CT molecular complexity index is 1690. The van der Waals surface area contributed by atoms with Crippen LogP contribution >= 0.6 is 0 Å². The number of nitrogens with zero attached hydrogens (tertiary/aromatic N) is 5. The number of fused-ring (bicyclic) bond motifs is 1. The van der Waals surface area contributed by atoms with E-state index in [-0.39, 0.29) is 29.2 Å². The normalized spacial score (nSPS) is 15.5. The minimum atomic E-state index is -3.77. The third-order valence-corrected chi connectivity index (χ3v) is 7.99. The number of likely N-dealkylation sites (tertiary alicyclic amines) is 1. The first-order valence-corrected chi connectivity index (χ1v) is 13.9. The topological polar surface area (TPSA) is 136 Å². The molecular formula is C28H27N7O3S. The van der Waals surface area contributed by atoms with Crippen molar-refractivity contribution in [1.29, 1.82) is 0 Å². The van der Waals surface area contributed by atoms with E-state index in [9.17, 15) is 13.2 Å². The van der Waals surface area contributed by atoms with E-state index in [4.69, 9.17) is 5.73 Å². The molecule has 2 aromatic heterocycles. The van der Waals surface area contributed by atoms with Crippen LogP contribution in [0.5, 0.6) is 0 Å². The molecule has 1 saturated heterocycles. The Labute approximate surface area is 226 Å². The lowest BCUT2D eigenvalue weighted by molar-refractivity contribution is -0.127. The predicted molar refractivity (Wildman–Crippen MR) is 149 cm³/mol. The van der Waals surface area contributed by atoms with Gasteiger partial charge in [-0.1, -0.05) is 55.0 Å². The summed E-state index contributed by atoms with van der Waals surface area (Å²) in [7, 11) is -3.77. The van der Waals surface area contributed by atoms with E-state index in [0.29, 0.717) is 29.8 Å². The van der Waals surface area contributed by atoms with Crippen molar-refractivity contribution >= 4 is 32.8 Å². The number of carbonyl (C=O) groups excluding carboxylic acids is 1. The van der Waals surface area contributed by atoms with Crippen molar-refractivity contribution in [2.75, 3.05) is 25.4 Å². The summed E-state index contributed by atoms with van der Waals surface area (Å²) in [5.41, 5.74) is 8.93. The minimum Gasteiger partial charge on any atom is -0.383 e. The van der Waals surface area contributed by atoms with Crippen LogP contribution in [0.2, 0.25) is 0 Å². The van der Waals surface area contributed by atoms with Gasteiger partial charge in [-0.05, 0) is 48.1 Å². The molecule has 10 nitrogen and oxygen atoms in total. The van der Waals surface area contributed by atoms with Crippen LogP contribution in [0, 0.1) is 11.8 Å². The molecule has 39 heavy (non-hydrogen) atoms. The van der Waals surface area contributed by atoms with Crippen LogP contribution < -0.4 is 10.5 Å². The van der Waals surface area contributed by atoms with E-state index in [0.717, 1.165) is 24.0 Å². The van der Waals surface area contributed by atoms with Crippen molar-refractivity contribution in [2.24, 2.45) is 0 Å². The molecular weight excluding hydrogens is 514 g/mol. The molecule has 0 aliphatic carbocycles. The number of hydrogen-bond acceptors (Lipinski definition) is 7. The first kappa shape index (κ1) is 26.1. The van der Waals surface area contributed by atoms with Gasteiger partial charge in [-0.3, -0.25) is 4.79 Å². The second-order valence-electron chi connectivity index (χ2n) is 9.05. The fourth-order valence-electron chi connectivity index (χ4n) is 4.62. The van der Waals surface area contributed by atoms with Crippen LogP contribution in [0.3, 0.4) is 0 Å². The summed E-state index contributed by atoms with van der Waals surface area (Å²) >= 11 is 0. The lowest BCUT2D eigenvalue weighted by Crippen LogP contribution is -2.40. The number of amides is 1. The van der Waals surface area contributed by atoms with E-state index >= 15 is 0 Å². The van der Waals surface area contributed by atoms with Gasteiger partial charge >= 0.3 is 0 Å². The predicted octanol–water partition coefficient (Wildman–Crippen LogP) is 2.76. The van der Waals surface area contributed by atoms with E-state index in [1.54, 1.807) is 33.8 Å². The number of sulfonamides is 1. The van der Waals surface area contributed by atoms with Crippen LogP contribution in [0.1, 0.15) is 24.6 Å². The summed E-state index contributed by atoms with van der Waals surface area (Å²) in [5.74, 6) is 5.85. The van der Waals surface area contributed by atoms with Gasteiger partial charge in [0, 0.05) is 13.1 Å². The fraction of sp³-hybridized carbons (Fsp3) is 0.214. The van der Waals surface area contributed by atoms with Crippen LogP contribution in [0.4, 0.5) is 5.82 Å². The highest BCUT2D eigenvalue weighted by Crippen LogP contribution is 2.28. The van der Waals surface area contributed by atoms with E-state index in [2.05, 4.69) is 38.2 Å². The van der Waals surface area contributed by atoms with Gasteiger partial charge in [0.15, 0.2) is 5.65 Å². The number of rotatable bonds is 6. The van der Waals surface area contributed by atoms with Crippen LogP contribution in [-0.2, 0) is 14.8 Å². The van der Waals surface area contributed by atoms with Crippen molar-refractivity contribution in [3.8, 4) is 23.0 Å². The molecule has 1 amide bonds. The Morgan fingerprint density at radius 1 is 1.13 bits per heavy atom. The van der Waals surface area contributed by atoms with Gasteiger partial charge in [-0.2, -0.15) is 9.82 Å². The molecule has 1 aliphatic rings. The van der Waals surface area contributed by atoms with Crippen molar-refractivity contribution in [3.63, 3.8) is 0 Å². The maximum absolute atomic E-state index is 12.8. The maximum Gasteiger partial charge on any atom is 0.246 e. The largest absolute Gasteiger partial charge is 0.383 e. The molecule has 1 unspecified atom stereocenters. The molecule has 1 fully saturated rings. The molecule has 0 bridgehead atoms. The van der Waals surface area contributed by atoms with E-state index in [1.165, 1.54) is 12.4 Å². The molecule has 198 valence electrons. The van der Waals surface area contributed by atoms with Crippen molar-refractivity contribution in [2.45, 2.75) is 23.8 Å². The Balaban J connectivity index is 1.34. The second kappa shape index (κ2) is 11.1. The number of carbonyl (C=O) groups is 1. The Morgan fingerprint density at radius 2 is 1.87 bits per heavy atom. The highest BCUT2D eigenvalue weighted by atomic mass is 32.2. The molecule has 4 aromatic rings. The van der Waals surface area contributed by atoms with Crippen molar-refractivity contribution in [3.05, 3.63) is 79.3 Å². The van der Waals surface area contributed by atoms with Gasteiger partial charge in [0.2, 0.25) is 15.9 Å². The highest BCUT2D eigenvalue weighted by Gasteiger charge is 2.27. The lowest BCUT2D eigenvalue weighted by Gasteiger charge is -2.32. The number of aromatic nitrogens is 4.